The number of hydrogen-bond donors (Lipinski definition) is 0. The third kappa shape index (κ3) is 12.8. The van der Waals surface area contributed by atoms with Gasteiger partial charge in [-0.15, -0.1) is 0 Å². The predicted molar refractivity (Wildman–Crippen MR) is 364 cm³/mol. The van der Waals surface area contributed by atoms with Gasteiger partial charge in [0.15, 0.2) is 0 Å². The van der Waals surface area contributed by atoms with Gasteiger partial charge in [0.25, 0.3) is 0 Å². The van der Waals surface area contributed by atoms with Gasteiger partial charge in [-0.3, -0.25) is 0 Å². The SMILES string of the molecule is CC(C)OC(=O)c1ccccc1S(=O)(=O)c1ccc2c(c1)-c1nc-2nc2[n-]c(nc3nc(nc4[n-]c(n1)c1cc(S(=O)(=O)c5ccccc5C(=O)OC(C)C)ccc41)-c1c-3cccc1S(=O)(=O)c1ccccc1C(=O)OC(C)C)c1ccc(S(=O)(=O)c3ccccc3C(=O)OC(C)C)cc21.[Cu+2]. The molecule has 0 N–H and O–H groups in total. The van der Waals surface area contributed by atoms with Crippen LogP contribution in [0.3, 0.4) is 0 Å². The molecule has 24 nitrogen and oxygen atoms in total. The van der Waals surface area contributed by atoms with Crippen molar-refractivity contribution >= 4 is 107 Å². The Morgan fingerprint density at radius 3 is 1.01 bits per heavy atom. The molecule has 0 atom stereocenters. The van der Waals surface area contributed by atoms with Crippen molar-refractivity contribution in [3.63, 3.8) is 0 Å². The van der Waals surface area contributed by atoms with E-state index in [-0.39, 0.29) is 149 Å². The first-order chi connectivity index (χ1) is 47.5. The summed E-state index contributed by atoms with van der Waals surface area (Å²) in [4.78, 5) is 90.5. The molecule has 1 radical (unpaired) electrons. The maximum Gasteiger partial charge on any atom is 2.00 e. The van der Waals surface area contributed by atoms with E-state index in [9.17, 15) is 27.6 Å². The summed E-state index contributed by atoms with van der Waals surface area (Å²) < 4.78 is 143. The minimum atomic E-state index is -4.80. The van der Waals surface area contributed by atoms with Crippen LogP contribution in [-0.4, -0.2) is 112 Å². The van der Waals surface area contributed by atoms with Gasteiger partial charge in [-0.2, -0.15) is 0 Å². The molecule has 515 valence electrons. The number of fused-ring (bicyclic) bond motifs is 20. The summed E-state index contributed by atoms with van der Waals surface area (Å²) >= 11 is 0. The Hall–Kier alpha value is -10.7. The van der Waals surface area contributed by atoms with E-state index in [1.807, 2.05) is 0 Å². The second-order valence-corrected chi connectivity index (χ2v) is 31.7. The molecule has 0 saturated heterocycles. The van der Waals surface area contributed by atoms with E-state index in [0.29, 0.717) is 0 Å². The van der Waals surface area contributed by atoms with Gasteiger partial charge in [-0.05, 0) is 168 Å². The summed E-state index contributed by atoms with van der Waals surface area (Å²) in [6, 6.07) is 37.8. The van der Waals surface area contributed by atoms with Crippen LogP contribution in [0.5, 0.6) is 0 Å². The first-order valence-corrected chi connectivity index (χ1v) is 36.9. The maximum atomic E-state index is 15.5. The van der Waals surface area contributed by atoms with Gasteiger partial charge in [0.2, 0.25) is 39.3 Å². The van der Waals surface area contributed by atoms with Crippen LogP contribution in [0, 0.1) is 0 Å². The van der Waals surface area contributed by atoms with Gasteiger partial charge >= 0.3 is 40.9 Å². The Morgan fingerprint density at radius 2 is 0.614 bits per heavy atom. The number of aromatic nitrogens is 8. The van der Waals surface area contributed by atoms with E-state index in [4.69, 9.17) is 58.8 Å². The summed E-state index contributed by atoms with van der Waals surface area (Å²) in [5, 5.41) is 0.250. The molecule has 0 aliphatic carbocycles. The first-order valence-electron chi connectivity index (χ1n) is 31.0. The van der Waals surface area contributed by atoms with Crippen LogP contribution in [0.15, 0.2) is 209 Å². The van der Waals surface area contributed by atoms with Crippen LogP contribution in [0.2, 0.25) is 0 Å². The fourth-order valence-corrected chi connectivity index (χ4v) is 17.5. The Bertz CT molecular complexity index is 6020. The second-order valence-electron chi connectivity index (χ2n) is 24.1. The van der Waals surface area contributed by atoms with Crippen LogP contribution >= 0.6 is 0 Å². The van der Waals surface area contributed by atoms with Crippen molar-refractivity contribution in [2.75, 3.05) is 0 Å². The number of hydrogen-bond acceptors (Lipinski definition) is 22. The van der Waals surface area contributed by atoms with Crippen LogP contribution < -0.4 is 9.97 Å². The minimum absolute atomic E-state index is 0. The minimum Gasteiger partial charge on any atom is -0.459 e. The van der Waals surface area contributed by atoms with E-state index in [1.54, 1.807) is 55.4 Å². The van der Waals surface area contributed by atoms with Gasteiger partial charge in [0.1, 0.15) is 0 Å². The average molecular weight is 1480 g/mol. The summed E-state index contributed by atoms with van der Waals surface area (Å²) in [6.45, 7) is 12.9. The maximum absolute atomic E-state index is 15.5. The van der Waals surface area contributed by atoms with E-state index in [2.05, 4.69) is 0 Å². The van der Waals surface area contributed by atoms with Crippen molar-refractivity contribution < 1.29 is 88.9 Å². The van der Waals surface area contributed by atoms with Gasteiger partial charge in [-0.1, -0.05) is 78.9 Å². The van der Waals surface area contributed by atoms with Crippen molar-refractivity contribution in [2.45, 2.75) is 119 Å². The monoisotopic (exact) mass is 1480 g/mol. The number of ether oxygens (including phenoxy) is 4. The topological polar surface area (TPSA) is 347 Å². The van der Waals surface area contributed by atoms with Crippen LogP contribution in [0.4, 0.5) is 0 Å². The smallest absolute Gasteiger partial charge is 0.459 e. The van der Waals surface area contributed by atoms with Gasteiger partial charge in [0.05, 0.1) is 109 Å². The Balaban J connectivity index is 0.00000965. The van der Waals surface area contributed by atoms with Crippen LogP contribution in [0.1, 0.15) is 96.8 Å². The van der Waals surface area contributed by atoms with E-state index >= 15 is 25.3 Å². The average Bonchev–Trinajstić information content (AvgIpc) is 1.65. The number of esters is 4. The number of rotatable bonds is 16. The molecule has 5 heterocycles. The standard InChI is InChI=1S/C72H56N8O16S4.Cu/c1-37(2)93-69(81)47-18-9-13-23-55(47)97(85,86)41-28-31-44-52(34-41)65-74-61(44)73-64-51-22-17-27-59(100(91,92)58-26-16-12-21-50(58)72(84)96-40(7)8)60(51)68(80-64)79-63-46-33-30-43(99(89,90)57-25-15-11-20-49(57)71(83)95-39(5)6)36-54(46)67(77-63)78-66-53-35-42(29-32-45(53)62(75-65)76-66)98(87,88)56-24-14-10-19-48(56)70(82)94-38(3)4;/h9-40H,1-8H3;/q-2;+2. The molecule has 2 aliphatic rings. The Kier molecular flexibility index (Phi) is 18.6. The molecule has 2 aliphatic heterocycles. The molecule has 0 saturated carbocycles. The number of carbonyl (C=O) groups is 4. The third-order valence-corrected chi connectivity index (χ3v) is 23.1. The molecule has 0 spiro atoms. The van der Waals surface area contributed by atoms with Crippen molar-refractivity contribution in [1.29, 1.82) is 0 Å². The zero-order chi connectivity index (χ0) is 71.1. The van der Waals surface area contributed by atoms with Crippen molar-refractivity contribution in [1.82, 2.24) is 39.9 Å². The molecule has 29 heteroatoms. The number of nitrogens with zero attached hydrogens (tertiary/aromatic N) is 8. The molecule has 0 amide bonds. The summed E-state index contributed by atoms with van der Waals surface area (Å²) in [5.74, 6) is -4.67. The second kappa shape index (κ2) is 26.8. The predicted octanol–water partition coefficient (Wildman–Crippen LogP) is 11.7. The van der Waals surface area contributed by atoms with Crippen LogP contribution in [-0.2, 0) is 75.4 Å². The molecular weight excluding hydrogens is 1420 g/mol. The molecule has 101 heavy (non-hydrogen) atoms. The van der Waals surface area contributed by atoms with Crippen molar-refractivity contribution in [2.24, 2.45) is 0 Å². The largest absolute Gasteiger partial charge is 2.00 e. The fourth-order valence-electron chi connectivity index (χ4n) is 11.4. The Morgan fingerprint density at radius 1 is 0.307 bits per heavy atom. The van der Waals surface area contributed by atoms with Gasteiger partial charge < -0.3 is 48.9 Å². The van der Waals surface area contributed by atoms with E-state index in [1.165, 1.54) is 170 Å². The summed E-state index contributed by atoms with van der Waals surface area (Å²) in [7, 11) is -18.8. The Labute approximate surface area is 588 Å². The van der Waals surface area contributed by atoms with Crippen molar-refractivity contribution in [3.05, 3.63) is 192 Å². The molecule has 0 unspecified atom stereocenters. The molecule has 11 aromatic rings. The molecule has 3 aromatic heterocycles. The summed E-state index contributed by atoms with van der Waals surface area (Å²) in [6.07, 6.45) is -2.50. The summed E-state index contributed by atoms with van der Waals surface area (Å²) in [5.41, 5.74) is -1.97. The normalized spacial score (nSPS) is 12.3. The zero-order valence-electron chi connectivity index (χ0n) is 54.5. The molecule has 13 rings (SSSR count). The zero-order valence-corrected chi connectivity index (χ0v) is 58.7. The fraction of sp³-hybridized carbons (Fsp3) is 0.167. The van der Waals surface area contributed by atoms with Crippen molar-refractivity contribution in [3.8, 4) is 45.6 Å². The first kappa shape index (κ1) is 70.2. The molecule has 8 aromatic carbocycles. The van der Waals surface area contributed by atoms with Gasteiger partial charge in [-0.25, -0.2) is 62.8 Å². The number of carbonyl (C=O) groups excluding carboxylic acids is 4. The number of sulfone groups is 4. The molecule has 8 bridgehead atoms. The van der Waals surface area contributed by atoms with E-state index < -0.39 is 107 Å². The quantitative estimate of drug-likeness (QED) is 0.0492. The molecule has 0 fully saturated rings. The van der Waals surface area contributed by atoms with E-state index in [0.717, 1.165) is 0 Å². The third-order valence-electron chi connectivity index (χ3n) is 15.8. The number of benzene rings is 8. The van der Waals surface area contributed by atoms with Gasteiger partial charge in [0, 0.05) is 44.8 Å². The molecular formula is C72H56CuN8O16S4. The van der Waals surface area contributed by atoms with Crippen LogP contribution in [0.25, 0.3) is 89.7 Å².